The predicted octanol–water partition coefficient (Wildman–Crippen LogP) is 1.54. The van der Waals surface area contributed by atoms with E-state index in [-0.39, 0.29) is 5.91 Å². The number of hydrogen-bond acceptors (Lipinski definition) is 2. The summed E-state index contributed by atoms with van der Waals surface area (Å²) in [6.07, 6.45) is 0.504. The van der Waals surface area contributed by atoms with E-state index in [1.165, 1.54) is 0 Å². The first-order chi connectivity index (χ1) is 10.1. The van der Waals surface area contributed by atoms with Gasteiger partial charge in [-0.05, 0) is 32.4 Å². The number of carbonyl (C=O) groups is 1. The van der Waals surface area contributed by atoms with E-state index in [0.717, 1.165) is 23.8 Å². The SMILES string of the molecule is CCNC(=NCCN1C(=O)Cc2ccccc21)NC(C)C. The number of carbonyl (C=O) groups excluding carboxylic acids is 1. The van der Waals surface area contributed by atoms with E-state index in [2.05, 4.69) is 29.5 Å². The maximum Gasteiger partial charge on any atom is 0.231 e. The molecule has 1 aliphatic rings. The summed E-state index contributed by atoms with van der Waals surface area (Å²) >= 11 is 0. The summed E-state index contributed by atoms with van der Waals surface area (Å²) in [5, 5.41) is 6.48. The van der Waals surface area contributed by atoms with E-state index in [9.17, 15) is 4.79 Å². The average Bonchev–Trinajstić information content (AvgIpc) is 2.75. The van der Waals surface area contributed by atoms with Crippen LogP contribution in [0.3, 0.4) is 0 Å². The van der Waals surface area contributed by atoms with Gasteiger partial charge >= 0.3 is 0 Å². The van der Waals surface area contributed by atoms with Crippen molar-refractivity contribution in [3.05, 3.63) is 29.8 Å². The fraction of sp³-hybridized carbons (Fsp3) is 0.500. The lowest BCUT2D eigenvalue weighted by Crippen LogP contribution is -2.41. The molecule has 114 valence electrons. The summed E-state index contributed by atoms with van der Waals surface area (Å²) in [5.41, 5.74) is 2.14. The van der Waals surface area contributed by atoms with E-state index in [0.29, 0.717) is 25.6 Å². The molecule has 0 saturated heterocycles. The molecule has 2 rings (SSSR count). The Morgan fingerprint density at radius 1 is 1.38 bits per heavy atom. The van der Waals surface area contributed by atoms with Gasteiger partial charge in [-0.2, -0.15) is 0 Å². The van der Waals surface area contributed by atoms with Crippen LogP contribution in [0.25, 0.3) is 0 Å². The highest BCUT2D eigenvalue weighted by Crippen LogP contribution is 2.27. The van der Waals surface area contributed by atoms with Gasteiger partial charge < -0.3 is 15.5 Å². The standard InChI is InChI=1S/C16H24N4O/c1-4-17-16(19-12(2)3)18-9-10-20-14-8-6-5-7-13(14)11-15(20)21/h5-8,12H,4,9-11H2,1-3H3,(H2,17,18,19). The molecule has 1 amide bonds. The van der Waals surface area contributed by atoms with Gasteiger partial charge in [0.15, 0.2) is 5.96 Å². The van der Waals surface area contributed by atoms with Crippen molar-refractivity contribution in [3.8, 4) is 0 Å². The zero-order valence-corrected chi connectivity index (χ0v) is 13.0. The van der Waals surface area contributed by atoms with Crippen LogP contribution in [-0.2, 0) is 11.2 Å². The predicted molar refractivity (Wildman–Crippen MR) is 86.7 cm³/mol. The third-order valence-corrected chi connectivity index (χ3v) is 3.29. The van der Waals surface area contributed by atoms with Gasteiger partial charge in [0.25, 0.3) is 0 Å². The van der Waals surface area contributed by atoms with Crippen LogP contribution in [0.15, 0.2) is 29.3 Å². The highest BCUT2D eigenvalue weighted by atomic mass is 16.2. The Hall–Kier alpha value is -2.04. The van der Waals surface area contributed by atoms with Crippen LogP contribution in [-0.4, -0.2) is 37.5 Å². The first kappa shape index (κ1) is 15.4. The molecular weight excluding hydrogens is 264 g/mol. The Kier molecular flexibility index (Phi) is 5.20. The molecule has 0 spiro atoms. The van der Waals surface area contributed by atoms with Gasteiger partial charge in [0.1, 0.15) is 0 Å². The van der Waals surface area contributed by atoms with Crippen LogP contribution < -0.4 is 15.5 Å². The first-order valence-corrected chi connectivity index (χ1v) is 7.55. The molecule has 0 unspecified atom stereocenters. The van der Waals surface area contributed by atoms with Gasteiger partial charge in [-0.25, -0.2) is 0 Å². The molecule has 0 saturated carbocycles. The molecule has 0 atom stereocenters. The molecule has 0 aromatic heterocycles. The zero-order chi connectivity index (χ0) is 15.2. The molecule has 5 nitrogen and oxygen atoms in total. The molecule has 1 aromatic rings. The third kappa shape index (κ3) is 3.97. The lowest BCUT2D eigenvalue weighted by Gasteiger charge is -2.17. The third-order valence-electron chi connectivity index (χ3n) is 3.29. The first-order valence-electron chi connectivity index (χ1n) is 7.55. The summed E-state index contributed by atoms with van der Waals surface area (Å²) < 4.78 is 0. The number of anilines is 1. The van der Waals surface area contributed by atoms with E-state index in [1.807, 2.05) is 36.1 Å². The van der Waals surface area contributed by atoms with E-state index >= 15 is 0 Å². The van der Waals surface area contributed by atoms with E-state index in [1.54, 1.807) is 0 Å². The van der Waals surface area contributed by atoms with Crippen molar-refractivity contribution in [2.24, 2.45) is 4.99 Å². The van der Waals surface area contributed by atoms with Crippen LogP contribution in [0.4, 0.5) is 5.69 Å². The smallest absolute Gasteiger partial charge is 0.231 e. The van der Waals surface area contributed by atoms with Crippen molar-refractivity contribution >= 4 is 17.6 Å². The monoisotopic (exact) mass is 288 g/mol. The maximum absolute atomic E-state index is 12.1. The number of para-hydroxylation sites is 1. The highest BCUT2D eigenvalue weighted by Gasteiger charge is 2.25. The molecule has 0 radical (unpaired) electrons. The Morgan fingerprint density at radius 3 is 2.86 bits per heavy atom. The molecule has 0 fully saturated rings. The lowest BCUT2D eigenvalue weighted by atomic mass is 10.2. The summed E-state index contributed by atoms with van der Waals surface area (Å²) in [5.74, 6) is 0.959. The van der Waals surface area contributed by atoms with Crippen LogP contribution in [0.5, 0.6) is 0 Å². The van der Waals surface area contributed by atoms with Crippen molar-refractivity contribution in [1.29, 1.82) is 0 Å². The normalized spacial score (nSPS) is 14.6. The minimum absolute atomic E-state index is 0.160. The number of nitrogens with one attached hydrogen (secondary N) is 2. The van der Waals surface area contributed by atoms with Crippen LogP contribution in [0, 0.1) is 0 Å². The summed E-state index contributed by atoms with van der Waals surface area (Å²) in [6, 6.07) is 8.29. The van der Waals surface area contributed by atoms with Gasteiger partial charge in [0, 0.05) is 24.8 Å². The average molecular weight is 288 g/mol. The molecule has 1 aromatic carbocycles. The minimum Gasteiger partial charge on any atom is -0.357 e. The summed E-state index contributed by atoms with van der Waals surface area (Å²) in [6.45, 7) is 8.22. The largest absolute Gasteiger partial charge is 0.357 e. The molecule has 1 heterocycles. The molecular formula is C16H24N4O. The number of hydrogen-bond donors (Lipinski definition) is 2. The molecule has 1 aliphatic heterocycles. The minimum atomic E-state index is 0.160. The number of rotatable bonds is 5. The Bertz CT molecular complexity index is 525. The second-order valence-electron chi connectivity index (χ2n) is 5.41. The topological polar surface area (TPSA) is 56.7 Å². The van der Waals surface area contributed by atoms with Crippen molar-refractivity contribution < 1.29 is 4.79 Å². The quantitative estimate of drug-likeness (QED) is 0.638. The Morgan fingerprint density at radius 2 is 2.14 bits per heavy atom. The van der Waals surface area contributed by atoms with Gasteiger partial charge in [0.2, 0.25) is 5.91 Å². The van der Waals surface area contributed by atoms with Gasteiger partial charge in [-0.1, -0.05) is 18.2 Å². The van der Waals surface area contributed by atoms with Crippen LogP contribution in [0.1, 0.15) is 26.3 Å². The maximum atomic E-state index is 12.1. The molecule has 2 N–H and O–H groups in total. The summed E-state index contributed by atoms with van der Waals surface area (Å²) in [4.78, 5) is 18.4. The summed E-state index contributed by atoms with van der Waals surface area (Å²) in [7, 11) is 0. The molecule has 0 bridgehead atoms. The Balaban J connectivity index is 1.97. The number of guanidine groups is 1. The number of nitrogens with zero attached hydrogens (tertiary/aromatic N) is 2. The lowest BCUT2D eigenvalue weighted by molar-refractivity contribution is -0.117. The van der Waals surface area contributed by atoms with E-state index in [4.69, 9.17) is 0 Å². The molecule has 0 aliphatic carbocycles. The van der Waals surface area contributed by atoms with Crippen molar-refractivity contribution in [1.82, 2.24) is 10.6 Å². The fourth-order valence-corrected chi connectivity index (χ4v) is 2.42. The number of aliphatic imine (C=N–C) groups is 1. The number of amides is 1. The Labute approximate surface area is 126 Å². The van der Waals surface area contributed by atoms with E-state index < -0.39 is 0 Å². The van der Waals surface area contributed by atoms with Crippen molar-refractivity contribution in [3.63, 3.8) is 0 Å². The van der Waals surface area contributed by atoms with Crippen molar-refractivity contribution in [2.45, 2.75) is 33.2 Å². The fourth-order valence-electron chi connectivity index (χ4n) is 2.42. The number of benzene rings is 1. The van der Waals surface area contributed by atoms with Gasteiger partial charge in [-0.15, -0.1) is 0 Å². The van der Waals surface area contributed by atoms with Gasteiger partial charge in [0.05, 0.1) is 13.0 Å². The number of fused-ring (bicyclic) bond motifs is 1. The second-order valence-corrected chi connectivity index (χ2v) is 5.41. The second kappa shape index (κ2) is 7.11. The molecule has 21 heavy (non-hydrogen) atoms. The van der Waals surface area contributed by atoms with Gasteiger partial charge in [-0.3, -0.25) is 9.79 Å². The van der Waals surface area contributed by atoms with Crippen LogP contribution >= 0.6 is 0 Å². The van der Waals surface area contributed by atoms with Crippen molar-refractivity contribution in [2.75, 3.05) is 24.5 Å². The highest BCUT2D eigenvalue weighted by molar-refractivity contribution is 6.01. The van der Waals surface area contributed by atoms with Crippen LogP contribution in [0.2, 0.25) is 0 Å². The molecule has 5 heteroatoms. The zero-order valence-electron chi connectivity index (χ0n) is 13.0.